The molecule has 1 unspecified atom stereocenters. The molecule has 0 amide bonds. The van der Waals surface area contributed by atoms with Gasteiger partial charge in [0.2, 0.25) is 0 Å². The topological polar surface area (TPSA) is 65.4 Å². The van der Waals surface area contributed by atoms with Crippen molar-refractivity contribution in [3.05, 3.63) is 69.1 Å². The SMILES string of the molecule is COc1ccc(Cn2cnc3sc4c(c3c2=O)CCC(NC2CCOCC2)C4)c2ccccc12. The van der Waals surface area contributed by atoms with Crippen LogP contribution in [0.4, 0.5) is 0 Å². The van der Waals surface area contributed by atoms with Crippen molar-refractivity contribution in [2.24, 2.45) is 0 Å². The lowest BCUT2D eigenvalue weighted by Gasteiger charge is -2.30. The van der Waals surface area contributed by atoms with Crippen molar-refractivity contribution >= 4 is 32.3 Å². The molecule has 6 nitrogen and oxygen atoms in total. The molecule has 176 valence electrons. The van der Waals surface area contributed by atoms with Crippen molar-refractivity contribution in [3.63, 3.8) is 0 Å². The summed E-state index contributed by atoms with van der Waals surface area (Å²) in [6.07, 6.45) is 6.86. The van der Waals surface area contributed by atoms with Crippen LogP contribution in [0.2, 0.25) is 0 Å². The second kappa shape index (κ2) is 9.13. The Morgan fingerprint density at radius 3 is 2.76 bits per heavy atom. The van der Waals surface area contributed by atoms with E-state index in [9.17, 15) is 4.79 Å². The fraction of sp³-hybridized carbons (Fsp3) is 0.407. The molecule has 1 saturated heterocycles. The minimum atomic E-state index is 0.0678. The lowest BCUT2D eigenvalue weighted by molar-refractivity contribution is 0.0743. The number of hydrogen-bond acceptors (Lipinski definition) is 6. The molecule has 0 saturated carbocycles. The largest absolute Gasteiger partial charge is 0.496 e. The minimum Gasteiger partial charge on any atom is -0.496 e. The van der Waals surface area contributed by atoms with Crippen LogP contribution in [0.1, 0.15) is 35.3 Å². The fourth-order valence-corrected chi connectivity index (χ4v) is 6.74. The van der Waals surface area contributed by atoms with Gasteiger partial charge in [0.1, 0.15) is 10.6 Å². The number of nitrogens with zero attached hydrogens (tertiary/aromatic N) is 2. The van der Waals surface area contributed by atoms with Gasteiger partial charge in [-0.15, -0.1) is 11.3 Å². The van der Waals surface area contributed by atoms with E-state index in [0.29, 0.717) is 18.6 Å². The summed E-state index contributed by atoms with van der Waals surface area (Å²) >= 11 is 1.70. The van der Waals surface area contributed by atoms with E-state index in [1.807, 2.05) is 24.3 Å². The third-order valence-corrected chi connectivity index (χ3v) is 8.43. The first-order valence-electron chi connectivity index (χ1n) is 12.1. The summed E-state index contributed by atoms with van der Waals surface area (Å²) in [5, 5.41) is 6.82. The van der Waals surface area contributed by atoms with Gasteiger partial charge < -0.3 is 14.8 Å². The molecule has 4 aromatic rings. The van der Waals surface area contributed by atoms with E-state index >= 15 is 0 Å². The third kappa shape index (κ3) is 3.91. The lowest BCUT2D eigenvalue weighted by Crippen LogP contribution is -2.44. The van der Waals surface area contributed by atoms with Gasteiger partial charge >= 0.3 is 0 Å². The van der Waals surface area contributed by atoms with Crippen molar-refractivity contribution < 1.29 is 9.47 Å². The second-order valence-corrected chi connectivity index (χ2v) is 10.4. The summed E-state index contributed by atoms with van der Waals surface area (Å²) in [4.78, 5) is 20.5. The van der Waals surface area contributed by atoms with Crippen molar-refractivity contribution in [2.75, 3.05) is 20.3 Å². The minimum absolute atomic E-state index is 0.0678. The fourth-order valence-electron chi connectivity index (χ4n) is 5.49. The molecule has 2 aromatic carbocycles. The number of aromatic nitrogens is 2. The van der Waals surface area contributed by atoms with Gasteiger partial charge in [-0.25, -0.2) is 4.98 Å². The number of benzene rings is 2. The first-order chi connectivity index (χ1) is 16.7. The molecule has 1 N–H and O–H groups in total. The Kier molecular flexibility index (Phi) is 5.85. The van der Waals surface area contributed by atoms with Crippen LogP contribution in [0, 0.1) is 0 Å². The number of aryl methyl sites for hydroxylation is 1. The second-order valence-electron chi connectivity index (χ2n) is 9.33. The van der Waals surface area contributed by atoms with Gasteiger partial charge in [-0.1, -0.05) is 30.3 Å². The predicted molar refractivity (Wildman–Crippen MR) is 136 cm³/mol. The maximum absolute atomic E-state index is 13.6. The van der Waals surface area contributed by atoms with Gasteiger partial charge in [0, 0.05) is 35.6 Å². The predicted octanol–water partition coefficient (Wildman–Crippen LogP) is 4.29. The van der Waals surface area contributed by atoms with Gasteiger partial charge in [-0.05, 0) is 54.7 Å². The van der Waals surface area contributed by atoms with Gasteiger partial charge in [0.05, 0.1) is 25.4 Å². The molecule has 2 aliphatic rings. The molecular weight excluding hydrogens is 446 g/mol. The molecule has 7 heteroatoms. The highest BCUT2D eigenvalue weighted by atomic mass is 32.1. The molecule has 0 radical (unpaired) electrons. The Morgan fingerprint density at radius 2 is 1.94 bits per heavy atom. The zero-order valence-electron chi connectivity index (χ0n) is 19.4. The smallest absolute Gasteiger partial charge is 0.262 e. The molecule has 0 bridgehead atoms. The Hall–Kier alpha value is -2.74. The number of fused-ring (bicyclic) bond motifs is 4. The molecule has 2 aromatic heterocycles. The third-order valence-electron chi connectivity index (χ3n) is 7.26. The van der Waals surface area contributed by atoms with Crippen molar-refractivity contribution in [3.8, 4) is 5.75 Å². The quantitative estimate of drug-likeness (QED) is 0.466. The highest BCUT2D eigenvalue weighted by molar-refractivity contribution is 7.18. The zero-order chi connectivity index (χ0) is 23.1. The van der Waals surface area contributed by atoms with Gasteiger partial charge in [0.15, 0.2) is 0 Å². The highest BCUT2D eigenvalue weighted by Gasteiger charge is 2.27. The van der Waals surface area contributed by atoms with Crippen LogP contribution in [0.5, 0.6) is 5.75 Å². The monoisotopic (exact) mass is 475 g/mol. The average molecular weight is 476 g/mol. The summed E-state index contributed by atoms with van der Waals surface area (Å²) in [6, 6.07) is 13.2. The molecule has 1 fully saturated rings. The number of methoxy groups -OCH3 is 1. The molecule has 1 atom stereocenters. The Morgan fingerprint density at radius 1 is 1.12 bits per heavy atom. The van der Waals surface area contributed by atoms with E-state index in [2.05, 4.69) is 17.4 Å². The first-order valence-corrected chi connectivity index (χ1v) is 12.9. The summed E-state index contributed by atoms with van der Waals surface area (Å²) < 4.78 is 12.8. The summed E-state index contributed by atoms with van der Waals surface area (Å²) in [7, 11) is 1.69. The van der Waals surface area contributed by atoms with E-state index < -0.39 is 0 Å². The molecule has 0 spiro atoms. The number of hydrogen-bond donors (Lipinski definition) is 1. The van der Waals surface area contributed by atoms with E-state index in [1.165, 1.54) is 10.4 Å². The summed E-state index contributed by atoms with van der Waals surface area (Å²) in [6.45, 7) is 2.20. The normalized spacial score (nSPS) is 18.9. The molecule has 34 heavy (non-hydrogen) atoms. The average Bonchev–Trinajstić information content (AvgIpc) is 3.25. The zero-order valence-corrected chi connectivity index (χ0v) is 20.2. The maximum Gasteiger partial charge on any atom is 0.262 e. The van der Waals surface area contributed by atoms with Crippen LogP contribution in [0.3, 0.4) is 0 Å². The number of ether oxygens (including phenoxy) is 2. The maximum atomic E-state index is 13.6. The van der Waals surface area contributed by atoms with Crippen molar-refractivity contribution in [1.82, 2.24) is 14.9 Å². The van der Waals surface area contributed by atoms with Crippen molar-refractivity contribution in [2.45, 2.75) is 50.7 Å². The molecule has 6 rings (SSSR count). The van der Waals surface area contributed by atoms with E-state index in [1.54, 1.807) is 29.3 Å². The number of rotatable bonds is 5. The van der Waals surface area contributed by atoms with Crippen LogP contribution in [0.25, 0.3) is 21.0 Å². The Labute approximate surface area is 202 Å². The van der Waals surface area contributed by atoms with Crippen LogP contribution < -0.4 is 15.6 Å². The van der Waals surface area contributed by atoms with E-state index in [4.69, 9.17) is 14.5 Å². The summed E-state index contributed by atoms with van der Waals surface area (Å²) in [5.74, 6) is 0.844. The number of nitrogens with one attached hydrogen (secondary N) is 1. The highest BCUT2D eigenvalue weighted by Crippen LogP contribution is 2.34. The molecule has 1 aliphatic heterocycles. The van der Waals surface area contributed by atoms with Crippen LogP contribution >= 0.6 is 11.3 Å². The Balaban J connectivity index is 1.30. The van der Waals surface area contributed by atoms with E-state index in [0.717, 1.165) is 77.6 Å². The van der Waals surface area contributed by atoms with Gasteiger partial charge in [-0.3, -0.25) is 9.36 Å². The number of thiophene rings is 1. The van der Waals surface area contributed by atoms with Gasteiger partial charge in [0.25, 0.3) is 5.56 Å². The van der Waals surface area contributed by atoms with Crippen LogP contribution in [0.15, 0.2) is 47.5 Å². The van der Waals surface area contributed by atoms with Crippen LogP contribution in [-0.4, -0.2) is 42.0 Å². The molecule has 3 heterocycles. The first kappa shape index (κ1) is 21.8. The standard InChI is InChI=1S/C27H29N3O3S/c1-32-23-9-6-17(20-4-2-3-5-21(20)23)15-30-16-28-26-25(27(30)31)22-8-7-19(14-24(22)34-26)29-18-10-12-33-13-11-18/h2-6,9,16,18-19,29H,7-8,10-15H2,1H3. The molecular formula is C27H29N3O3S. The van der Waals surface area contributed by atoms with E-state index in [-0.39, 0.29) is 5.56 Å². The van der Waals surface area contributed by atoms with Crippen LogP contribution in [-0.2, 0) is 24.1 Å². The lowest BCUT2D eigenvalue weighted by atomic mass is 9.92. The Bertz CT molecular complexity index is 1400. The van der Waals surface area contributed by atoms with Crippen molar-refractivity contribution in [1.29, 1.82) is 0 Å². The molecule has 1 aliphatic carbocycles. The van der Waals surface area contributed by atoms with Gasteiger partial charge in [-0.2, -0.15) is 0 Å². The summed E-state index contributed by atoms with van der Waals surface area (Å²) in [5.41, 5.74) is 2.37.